The molecule has 0 fully saturated rings. The molecule has 0 bridgehead atoms. The average Bonchev–Trinajstić information content (AvgIpc) is 2.92. The second kappa shape index (κ2) is 6.09. The molecule has 0 radical (unpaired) electrons. The molecule has 0 atom stereocenters. The van der Waals surface area contributed by atoms with Crippen LogP contribution in [0.5, 0.6) is 0 Å². The molecule has 108 valence electrons. The predicted molar refractivity (Wildman–Crippen MR) is 86.4 cm³/mol. The number of hydrogen-bond acceptors (Lipinski definition) is 5. The number of aromatic amines is 1. The van der Waals surface area contributed by atoms with Crippen molar-refractivity contribution in [2.75, 3.05) is 11.9 Å². The molecular weight excluding hydrogens is 329 g/mol. The quantitative estimate of drug-likeness (QED) is 0.695. The van der Waals surface area contributed by atoms with Crippen LogP contribution in [-0.4, -0.2) is 26.7 Å². The van der Waals surface area contributed by atoms with Crippen molar-refractivity contribution in [3.63, 3.8) is 0 Å². The lowest BCUT2D eigenvalue weighted by Gasteiger charge is -2.06. The van der Waals surface area contributed by atoms with E-state index in [1.54, 1.807) is 12.3 Å². The van der Waals surface area contributed by atoms with Gasteiger partial charge in [-0.1, -0.05) is 35.0 Å². The van der Waals surface area contributed by atoms with E-state index in [0.717, 1.165) is 21.9 Å². The monoisotopic (exact) mass is 339 g/mol. The molecular formula is C13H11Cl2N5S. The summed E-state index contributed by atoms with van der Waals surface area (Å²) < 4.78 is 0. The van der Waals surface area contributed by atoms with E-state index in [1.807, 2.05) is 19.1 Å². The molecule has 0 amide bonds. The second-order valence-electron chi connectivity index (χ2n) is 4.19. The average molecular weight is 340 g/mol. The summed E-state index contributed by atoms with van der Waals surface area (Å²) in [6.45, 7) is 2.74. The van der Waals surface area contributed by atoms with Crippen LogP contribution >= 0.6 is 35.0 Å². The fourth-order valence-electron chi connectivity index (χ4n) is 1.78. The van der Waals surface area contributed by atoms with Crippen LogP contribution in [0.3, 0.4) is 0 Å². The number of H-pyrrole nitrogens is 1. The number of fused-ring (bicyclic) bond motifs is 1. The fraction of sp³-hybridized carbons (Fsp3) is 0.154. The molecule has 0 aliphatic heterocycles. The Bertz CT molecular complexity index is 789. The van der Waals surface area contributed by atoms with Crippen LogP contribution in [0.4, 0.5) is 5.95 Å². The Hall–Kier alpha value is -1.50. The summed E-state index contributed by atoms with van der Waals surface area (Å²) in [7, 11) is 0. The number of benzene rings is 1. The van der Waals surface area contributed by atoms with Crippen molar-refractivity contribution < 1.29 is 0 Å². The summed E-state index contributed by atoms with van der Waals surface area (Å²) in [4.78, 5) is 9.82. The SMILES string of the molecule is CCNc1nc(Sc2ccc(Cl)c(Cl)c2)c2cn[nH]c2n1. The molecule has 1 aromatic carbocycles. The highest BCUT2D eigenvalue weighted by atomic mass is 35.5. The third-order valence-corrected chi connectivity index (χ3v) is 4.45. The first-order valence-electron chi connectivity index (χ1n) is 6.25. The molecule has 0 saturated heterocycles. The third kappa shape index (κ3) is 3.07. The molecule has 8 heteroatoms. The van der Waals surface area contributed by atoms with Gasteiger partial charge >= 0.3 is 0 Å². The van der Waals surface area contributed by atoms with Crippen LogP contribution in [0.2, 0.25) is 10.0 Å². The number of aromatic nitrogens is 4. The minimum atomic E-state index is 0.520. The lowest BCUT2D eigenvalue weighted by atomic mass is 10.4. The zero-order chi connectivity index (χ0) is 14.8. The van der Waals surface area contributed by atoms with Gasteiger partial charge in [0.05, 0.1) is 21.6 Å². The lowest BCUT2D eigenvalue weighted by Crippen LogP contribution is -2.02. The maximum Gasteiger partial charge on any atom is 0.225 e. The van der Waals surface area contributed by atoms with E-state index in [0.29, 0.717) is 21.6 Å². The first-order chi connectivity index (χ1) is 10.2. The van der Waals surface area contributed by atoms with Crippen molar-refractivity contribution in [2.45, 2.75) is 16.8 Å². The van der Waals surface area contributed by atoms with Crippen molar-refractivity contribution in [2.24, 2.45) is 0 Å². The summed E-state index contributed by atoms with van der Waals surface area (Å²) in [6.07, 6.45) is 1.71. The normalized spacial score (nSPS) is 11.0. The Kier molecular flexibility index (Phi) is 4.19. The molecule has 2 heterocycles. The van der Waals surface area contributed by atoms with Crippen molar-refractivity contribution in [1.29, 1.82) is 0 Å². The summed E-state index contributed by atoms with van der Waals surface area (Å²) in [6, 6.07) is 5.49. The molecule has 2 N–H and O–H groups in total. The van der Waals surface area contributed by atoms with Crippen LogP contribution in [0.1, 0.15) is 6.92 Å². The van der Waals surface area contributed by atoms with E-state index in [2.05, 4.69) is 25.5 Å². The van der Waals surface area contributed by atoms with Gasteiger partial charge < -0.3 is 5.32 Å². The Balaban J connectivity index is 2.01. The molecule has 0 unspecified atom stereocenters. The number of rotatable bonds is 4. The van der Waals surface area contributed by atoms with Gasteiger partial charge in [-0.05, 0) is 25.1 Å². The fourth-order valence-corrected chi connectivity index (χ4v) is 3.07. The van der Waals surface area contributed by atoms with Gasteiger partial charge in [0.1, 0.15) is 5.03 Å². The molecule has 0 aliphatic carbocycles. The number of anilines is 1. The number of nitrogens with one attached hydrogen (secondary N) is 2. The first kappa shape index (κ1) is 14.4. The van der Waals surface area contributed by atoms with Crippen molar-refractivity contribution in [1.82, 2.24) is 20.2 Å². The highest BCUT2D eigenvalue weighted by Crippen LogP contribution is 2.34. The van der Waals surface area contributed by atoms with Gasteiger partial charge in [-0.2, -0.15) is 10.1 Å². The first-order valence-corrected chi connectivity index (χ1v) is 7.82. The molecule has 3 rings (SSSR count). The van der Waals surface area contributed by atoms with E-state index in [1.165, 1.54) is 11.8 Å². The summed E-state index contributed by atoms with van der Waals surface area (Å²) in [5, 5.41) is 12.7. The van der Waals surface area contributed by atoms with Crippen molar-refractivity contribution in [3.8, 4) is 0 Å². The van der Waals surface area contributed by atoms with Gasteiger partial charge in [0.25, 0.3) is 0 Å². The zero-order valence-corrected chi connectivity index (χ0v) is 13.4. The van der Waals surface area contributed by atoms with E-state index in [-0.39, 0.29) is 0 Å². The third-order valence-electron chi connectivity index (χ3n) is 2.72. The second-order valence-corrected chi connectivity index (χ2v) is 6.07. The van der Waals surface area contributed by atoms with Crippen molar-refractivity contribution >= 4 is 51.9 Å². The van der Waals surface area contributed by atoms with Gasteiger partial charge in [-0.15, -0.1) is 0 Å². The number of nitrogens with zero attached hydrogens (tertiary/aromatic N) is 3. The smallest absolute Gasteiger partial charge is 0.225 e. The Morgan fingerprint density at radius 2 is 2.10 bits per heavy atom. The van der Waals surface area contributed by atoms with Crippen LogP contribution < -0.4 is 5.32 Å². The molecule has 0 spiro atoms. The highest BCUT2D eigenvalue weighted by Gasteiger charge is 2.11. The maximum absolute atomic E-state index is 6.05. The van der Waals surface area contributed by atoms with E-state index in [9.17, 15) is 0 Å². The van der Waals surface area contributed by atoms with Crippen molar-refractivity contribution in [3.05, 3.63) is 34.4 Å². The topological polar surface area (TPSA) is 66.5 Å². The van der Waals surface area contributed by atoms with E-state index >= 15 is 0 Å². The Labute approximate surface area is 135 Å². The Morgan fingerprint density at radius 1 is 1.24 bits per heavy atom. The van der Waals surface area contributed by atoms with Crippen LogP contribution in [0.25, 0.3) is 11.0 Å². The van der Waals surface area contributed by atoms with Gasteiger partial charge in [0.15, 0.2) is 5.65 Å². The highest BCUT2D eigenvalue weighted by molar-refractivity contribution is 7.99. The van der Waals surface area contributed by atoms with Gasteiger partial charge in [-0.3, -0.25) is 5.10 Å². The van der Waals surface area contributed by atoms with Gasteiger partial charge in [0.2, 0.25) is 5.95 Å². The molecule has 2 aromatic heterocycles. The summed E-state index contributed by atoms with van der Waals surface area (Å²) in [5.74, 6) is 0.566. The summed E-state index contributed by atoms with van der Waals surface area (Å²) >= 11 is 13.5. The molecule has 3 aromatic rings. The largest absolute Gasteiger partial charge is 0.354 e. The zero-order valence-electron chi connectivity index (χ0n) is 11.0. The standard InChI is InChI=1S/C13H11Cl2N5S/c1-2-16-13-18-11-8(6-17-20-11)12(19-13)21-7-3-4-9(14)10(15)5-7/h3-6H,2H2,1H3,(H2,16,17,18,19,20). The minimum absolute atomic E-state index is 0.520. The predicted octanol–water partition coefficient (Wildman–Crippen LogP) is 4.24. The van der Waals surface area contributed by atoms with Gasteiger partial charge in [-0.25, -0.2) is 4.98 Å². The minimum Gasteiger partial charge on any atom is -0.354 e. The van der Waals surface area contributed by atoms with Crippen LogP contribution in [-0.2, 0) is 0 Å². The molecule has 21 heavy (non-hydrogen) atoms. The molecule has 5 nitrogen and oxygen atoms in total. The van der Waals surface area contributed by atoms with Gasteiger partial charge in [0, 0.05) is 11.4 Å². The van der Waals surface area contributed by atoms with E-state index < -0.39 is 0 Å². The molecule has 0 aliphatic rings. The maximum atomic E-state index is 6.05. The number of halogens is 2. The Morgan fingerprint density at radius 3 is 2.86 bits per heavy atom. The van der Waals surface area contributed by atoms with Crippen LogP contribution in [0.15, 0.2) is 34.3 Å². The lowest BCUT2D eigenvalue weighted by molar-refractivity contribution is 1.04. The molecule has 0 saturated carbocycles. The summed E-state index contributed by atoms with van der Waals surface area (Å²) in [5.41, 5.74) is 0.698. The van der Waals surface area contributed by atoms with E-state index in [4.69, 9.17) is 23.2 Å². The van der Waals surface area contributed by atoms with Crippen LogP contribution in [0, 0.1) is 0 Å². The number of hydrogen-bond donors (Lipinski definition) is 2.